The summed E-state index contributed by atoms with van der Waals surface area (Å²) in [4.78, 5) is 8.60. The summed E-state index contributed by atoms with van der Waals surface area (Å²) in [6.45, 7) is 1.82. The molecule has 0 bridgehead atoms. The molecule has 0 amide bonds. The number of methoxy groups -OCH3 is 2. The minimum Gasteiger partial charge on any atom is -0.350 e. The van der Waals surface area contributed by atoms with E-state index in [1.807, 2.05) is 6.92 Å². The maximum absolute atomic E-state index is 13.1. The third-order valence-corrected chi connectivity index (χ3v) is 2.78. The van der Waals surface area contributed by atoms with E-state index in [4.69, 9.17) is 9.47 Å². The molecule has 0 radical (unpaired) electrons. The molecule has 19 heavy (non-hydrogen) atoms. The van der Waals surface area contributed by atoms with Gasteiger partial charge in [-0.1, -0.05) is 0 Å². The van der Waals surface area contributed by atoms with Crippen molar-refractivity contribution in [1.82, 2.24) is 9.97 Å². The second-order valence-corrected chi connectivity index (χ2v) is 4.07. The van der Waals surface area contributed by atoms with Gasteiger partial charge in [0, 0.05) is 26.0 Å². The summed E-state index contributed by atoms with van der Waals surface area (Å²) in [5.41, 5.74) is 2.19. The topological polar surface area (TPSA) is 44.2 Å². The first-order chi connectivity index (χ1) is 9.15. The summed E-state index contributed by atoms with van der Waals surface area (Å²) < 4.78 is 23.4. The average Bonchev–Trinajstić information content (AvgIpc) is 2.40. The van der Waals surface area contributed by atoms with E-state index in [9.17, 15) is 4.39 Å². The van der Waals surface area contributed by atoms with Gasteiger partial charge in [-0.15, -0.1) is 0 Å². The summed E-state index contributed by atoms with van der Waals surface area (Å²) in [7, 11) is 3.08. The van der Waals surface area contributed by atoms with Crippen molar-refractivity contribution in [1.29, 1.82) is 0 Å². The number of nitrogens with zero attached hydrogens (tertiary/aromatic N) is 2. The van der Waals surface area contributed by atoms with Gasteiger partial charge in [-0.25, -0.2) is 14.4 Å². The Kier molecular flexibility index (Phi) is 4.19. The van der Waals surface area contributed by atoms with Crippen LogP contribution in [0.15, 0.2) is 30.5 Å². The smallest absolute Gasteiger partial charge is 0.200 e. The highest BCUT2D eigenvalue weighted by atomic mass is 19.1. The molecule has 0 aliphatic rings. The summed E-state index contributed by atoms with van der Waals surface area (Å²) in [6, 6.07) is 6.23. The summed E-state index contributed by atoms with van der Waals surface area (Å²) in [6.07, 6.45) is 1.09. The van der Waals surface area contributed by atoms with E-state index >= 15 is 0 Å². The van der Waals surface area contributed by atoms with Crippen molar-refractivity contribution in [3.8, 4) is 11.4 Å². The maximum Gasteiger partial charge on any atom is 0.200 e. The highest BCUT2D eigenvalue weighted by molar-refractivity contribution is 5.59. The molecule has 2 aromatic rings. The molecule has 0 saturated carbocycles. The number of aryl methyl sites for hydroxylation is 1. The molecule has 0 fully saturated rings. The van der Waals surface area contributed by atoms with Gasteiger partial charge in [0.15, 0.2) is 5.82 Å². The molecule has 0 saturated heterocycles. The van der Waals surface area contributed by atoms with Crippen molar-refractivity contribution in [2.75, 3.05) is 14.2 Å². The van der Waals surface area contributed by atoms with Gasteiger partial charge in [-0.3, -0.25) is 0 Å². The minimum atomic E-state index is -0.539. The molecule has 2 rings (SSSR count). The van der Waals surface area contributed by atoms with Gasteiger partial charge in [0.2, 0.25) is 6.29 Å². The highest BCUT2D eigenvalue weighted by Gasteiger charge is 2.13. The van der Waals surface area contributed by atoms with E-state index in [1.165, 1.54) is 12.1 Å². The maximum atomic E-state index is 13.1. The van der Waals surface area contributed by atoms with Crippen LogP contribution in [0.4, 0.5) is 4.39 Å². The molecular formula is C14H15FN2O2. The predicted octanol–water partition coefficient (Wildman–Crippen LogP) is 2.88. The highest BCUT2D eigenvalue weighted by Crippen LogP contribution is 2.22. The van der Waals surface area contributed by atoms with Crippen LogP contribution in [0, 0.1) is 12.7 Å². The standard InChI is InChI=1S/C14H15FN2O2/c1-9-8-10(15)4-5-11(9)13-16-7-6-12(17-13)14(18-2)19-3/h4-8,14H,1-3H3. The van der Waals surface area contributed by atoms with Crippen molar-refractivity contribution < 1.29 is 13.9 Å². The van der Waals surface area contributed by atoms with Crippen molar-refractivity contribution in [3.05, 3.63) is 47.5 Å². The Hall–Kier alpha value is -1.85. The number of halogens is 1. The molecule has 100 valence electrons. The van der Waals surface area contributed by atoms with Gasteiger partial charge in [-0.2, -0.15) is 0 Å². The first-order valence-corrected chi connectivity index (χ1v) is 5.80. The minimum absolute atomic E-state index is 0.274. The predicted molar refractivity (Wildman–Crippen MR) is 68.9 cm³/mol. The Balaban J connectivity index is 2.43. The van der Waals surface area contributed by atoms with Crippen LogP contribution < -0.4 is 0 Å². The Labute approximate surface area is 111 Å². The number of aromatic nitrogens is 2. The lowest BCUT2D eigenvalue weighted by molar-refractivity contribution is -0.108. The largest absolute Gasteiger partial charge is 0.350 e. The van der Waals surface area contributed by atoms with E-state index in [0.29, 0.717) is 11.5 Å². The van der Waals surface area contributed by atoms with Crippen LogP contribution in [0.3, 0.4) is 0 Å². The second kappa shape index (κ2) is 5.86. The van der Waals surface area contributed by atoms with Gasteiger partial charge in [0.05, 0.1) is 0 Å². The fourth-order valence-electron chi connectivity index (χ4n) is 1.85. The van der Waals surface area contributed by atoms with Crippen LogP contribution in [0.5, 0.6) is 0 Å². The Morgan fingerprint density at radius 2 is 1.89 bits per heavy atom. The quantitative estimate of drug-likeness (QED) is 0.795. The molecule has 1 heterocycles. The Morgan fingerprint density at radius 1 is 1.16 bits per heavy atom. The SMILES string of the molecule is COC(OC)c1ccnc(-c2ccc(F)cc2C)n1. The van der Waals surface area contributed by atoms with Crippen molar-refractivity contribution in [2.24, 2.45) is 0 Å². The second-order valence-electron chi connectivity index (χ2n) is 4.07. The van der Waals surface area contributed by atoms with Gasteiger partial charge >= 0.3 is 0 Å². The summed E-state index contributed by atoms with van der Waals surface area (Å²) in [5.74, 6) is 0.248. The van der Waals surface area contributed by atoms with Crippen LogP contribution in [0.1, 0.15) is 17.5 Å². The lowest BCUT2D eigenvalue weighted by Crippen LogP contribution is -2.07. The number of hydrogen-bond acceptors (Lipinski definition) is 4. The zero-order chi connectivity index (χ0) is 13.8. The number of hydrogen-bond donors (Lipinski definition) is 0. The van der Waals surface area contributed by atoms with Crippen LogP contribution in [0.2, 0.25) is 0 Å². The van der Waals surface area contributed by atoms with Crippen molar-refractivity contribution >= 4 is 0 Å². The first kappa shape index (κ1) is 13.6. The molecule has 0 aliphatic carbocycles. The Bertz CT molecular complexity index is 571. The molecule has 1 aromatic heterocycles. The number of ether oxygens (including phenoxy) is 2. The third-order valence-electron chi connectivity index (χ3n) is 2.78. The first-order valence-electron chi connectivity index (χ1n) is 5.80. The van der Waals surface area contributed by atoms with E-state index in [-0.39, 0.29) is 5.82 Å². The molecular weight excluding hydrogens is 247 g/mol. The van der Waals surface area contributed by atoms with Crippen molar-refractivity contribution in [3.63, 3.8) is 0 Å². The third kappa shape index (κ3) is 2.94. The lowest BCUT2D eigenvalue weighted by atomic mass is 10.1. The van der Waals surface area contributed by atoms with Gasteiger partial charge in [-0.05, 0) is 36.8 Å². The Morgan fingerprint density at radius 3 is 2.53 bits per heavy atom. The normalized spacial score (nSPS) is 11.0. The molecule has 0 spiro atoms. The molecule has 0 N–H and O–H groups in total. The van der Waals surface area contributed by atoms with E-state index < -0.39 is 6.29 Å². The molecule has 0 aliphatic heterocycles. The van der Waals surface area contributed by atoms with Crippen LogP contribution in [0.25, 0.3) is 11.4 Å². The van der Waals surface area contributed by atoms with Gasteiger partial charge in [0.25, 0.3) is 0 Å². The zero-order valence-electron chi connectivity index (χ0n) is 11.1. The van der Waals surface area contributed by atoms with Crippen LogP contribution >= 0.6 is 0 Å². The number of benzene rings is 1. The molecule has 1 aromatic carbocycles. The lowest BCUT2D eigenvalue weighted by Gasteiger charge is -2.13. The summed E-state index contributed by atoms with van der Waals surface area (Å²) >= 11 is 0. The van der Waals surface area contributed by atoms with Gasteiger partial charge < -0.3 is 9.47 Å². The molecule has 0 atom stereocenters. The van der Waals surface area contributed by atoms with Crippen molar-refractivity contribution in [2.45, 2.75) is 13.2 Å². The fraction of sp³-hybridized carbons (Fsp3) is 0.286. The van der Waals surface area contributed by atoms with E-state index in [1.54, 1.807) is 32.5 Å². The van der Waals surface area contributed by atoms with Gasteiger partial charge in [0.1, 0.15) is 11.5 Å². The number of rotatable bonds is 4. The van der Waals surface area contributed by atoms with E-state index in [0.717, 1.165) is 11.1 Å². The molecule has 5 heteroatoms. The molecule has 0 unspecified atom stereocenters. The molecule has 4 nitrogen and oxygen atoms in total. The van der Waals surface area contributed by atoms with E-state index in [2.05, 4.69) is 9.97 Å². The average molecular weight is 262 g/mol. The van der Waals surface area contributed by atoms with Crippen LogP contribution in [-0.4, -0.2) is 24.2 Å². The fourth-order valence-corrected chi connectivity index (χ4v) is 1.85. The summed E-state index contributed by atoms with van der Waals surface area (Å²) in [5, 5.41) is 0. The van der Waals surface area contributed by atoms with Crippen LogP contribution in [-0.2, 0) is 9.47 Å². The zero-order valence-corrected chi connectivity index (χ0v) is 11.1. The monoisotopic (exact) mass is 262 g/mol.